The lowest BCUT2D eigenvalue weighted by molar-refractivity contribution is 0.749. The predicted molar refractivity (Wildman–Crippen MR) is 59.4 cm³/mol. The van der Waals surface area contributed by atoms with Crippen LogP contribution in [-0.2, 0) is 6.54 Å². The summed E-state index contributed by atoms with van der Waals surface area (Å²) in [6, 6.07) is 5.38. The van der Waals surface area contributed by atoms with Gasteiger partial charge in [-0.05, 0) is 35.0 Å². The maximum Gasteiger partial charge on any atom is 0.253 e. The van der Waals surface area contributed by atoms with E-state index in [1.54, 1.807) is 16.8 Å². The SMILES string of the molecule is CCn1c(=O)cc(Br)c2cccnc21. The first-order valence-corrected chi connectivity index (χ1v) is 5.17. The molecule has 14 heavy (non-hydrogen) atoms. The number of aryl methyl sites for hydroxylation is 1. The average molecular weight is 253 g/mol. The van der Waals surface area contributed by atoms with Crippen LogP contribution in [0.25, 0.3) is 11.0 Å². The summed E-state index contributed by atoms with van der Waals surface area (Å²) in [7, 11) is 0. The summed E-state index contributed by atoms with van der Waals surface area (Å²) in [4.78, 5) is 15.8. The molecule has 2 aromatic heterocycles. The largest absolute Gasteiger partial charge is 0.293 e. The molecule has 0 bridgehead atoms. The van der Waals surface area contributed by atoms with E-state index in [0.29, 0.717) is 6.54 Å². The van der Waals surface area contributed by atoms with E-state index < -0.39 is 0 Å². The van der Waals surface area contributed by atoms with Crippen molar-refractivity contribution in [3.05, 3.63) is 39.2 Å². The normalized spacial score (nSPS) is 10.7. The van der Waals surface area contributed by atoms with Crippen molar-refractivity contribution in [3.8, 4) is 0 Å². The molecule has 0 radical (unpaired) electrons. The lowest BCUT2D eigenvalue weighted by Gasteiger charge is -2.06. The molecular formula is C10H9BrN2O. The van der Waals surface area contributed by atoms with Crippen molar-refractivity contribution in [1.29, 1.82) is 0 Å². The van der Waals surface area contributed by atoms with Crippen LogP contribution in [0.4, 0.5) is 0 Å². The van der Waals surface area contributed by atoms with Gasteiger partial charge >= 0.3 is 0 Å². The van der Waals surface area contributed by atoms with Crippen LogP contribution in [0.3, 0.4) is 0 Å². The first-order valence-electron chi connectivity index (χ1n) is 4.38. The van der Waals surface area contributed by atoms with Gasteiger partial charge in [-0.1, -0.05) is 0 Å². The maximum absolute atomic E-state index is 11.6. The molecule has 0 unspecified atom stereocenters. The first-order chi connectivity index (χ1) is 6.74. The van der Waals surface area contributed by atoms with Crippen molar-refractivity contribution in [2.45, 2.75) is 13.5 Å². The zero-order chi connectivity index (χ0) is 10.1. The minimum absolute atomic E-state index is 0.0226. The third-order valence-corrected chi connectivity index (χ3v) is 2.79. The maximum atomic E-state index is 11.6. The van der Waals surface area contributed by atoms with E-state index in [4.69, 9.17) is 0 Å². The van der Waals surface area contributed by atoms with E-state index in [2.05, 4.69) is 20.9 Å². The fraction of sp³-hybridized carbons (Fsp3) is 0.200. The highest BCUT2D eigenvalue weighted by Gasteiger charge is 2.05. The summed E-state index contributed by atoms with van der Waals surface area (Å²) in [6.45, 7) is 2.57. The zero-order valence-electron chi connectivity index (χ0n) is 7.70. The molecule has 0 saturated carbocycles. The zero-order valence-corrected chi connectivity index (χ0v) is 9.28. The van der Waals surface area contributed by atoms with E-state index in [9.17, 15) is 4.79 Å². The van der Waals surface area contributed by atoms with Gasteiger partial charge in [-0.3, -0.25) is 9.36 Å². The predicted octanol–water partition coefficient (Wildman–Crippen LogP) is 2.18. The van der Waals surface area contributed by atoms with Gasteiger partial charge in [-0.25, -0.2) is 4.98 Å². The second-order valence-electron chi connectivity index (χ2n) is 2.95. The van der Waals surface area contributed by atoms with Crippen molar-refractivity contribution in [1.82, 2.24) is 9.55 Å². The van der Waals surface area contributed by atoms with Gasteiger partial charge in [-0.15, -0.1) is 0 Å². The Morgan fingerprint density at radius 2 is 2.36 bits per heavy atom. The molecule has 2 heterocycles. The van der Waals surface area contributed by atoms with Gasteiger partial charge in [0.1, 0.15) is 5.65 Å². The van der Waals surface area contributed by atoms with Crippen molar-refractivity contribution in [3.63, 3.8) is 0 Å². The van der Waals surface area contributed by atoms with Crippen LogP contribution in [0, 0.1) is 0 Å². The lowest BCUT2D eigenvalue weighted by Crippen LogP contribution is -2.19. The van der Waals surface area contributed by atoms with E-state index in [0.717, 1.165) is 15.5 Å². The van der Waals surface area contributed by atoms with Crippen LogP contribution in [0.1, 0.15) is 6.92 Å². The fourth-order valence-corrected chi connectivity index (χ4v) is 1.98. The topological polar surface area (TPSA) is 34.9 Å². The van der Waals surface area contributed by atoms with Gasteiger partial charge in [0.2, 0.25) is 0 Å². The molecule has 0 N–H and O–H groups in total. The number of fused-ring (bicyclic) bond motifs is 1. The van der Waals surface area contributed by atoms with Gasteiger partial charge < -0.3 is 0 Å². The Balaban J connectivity index is 2.98. The summed E-state index contributed by atoms with van der Waals surface area (Å²) in [5.74, 6) is 0. The molecule has 2 aromatic rings. The van der Waals surface area contributed by atoms with E-state index in [1.807, 2.05) is 19.1 Å². The lowest BCUT2D eigenvalue weighted by atomic mass is 10.3. The van der Waals surface area contributed by atoms with Crippen molar-refractivity contribution >= 4 is 27.0 Å². The van der Waals surface area contributed by atoms with Gasteiger partial charge in [0.15, 0.2) is 0 Å². The first kappa shape index (κ1) is 9.40. The van der Waals surface area contributed by atoms with Crippen molar-refractivity contribution in [2.24, 2.45) is 0 Å². The number of rotatable bonds is 1. The molecule has 0 aromatic carbocycles. The molecule has 0 spiro atoms. The van der Waals surface area contributed by atoms with Crippen LogP contribution < -0.4 is 5.56 Å². The third-order valence-electron chi connectivity index (χ3n) is 2.13. The quantitative estimate of drug-likeness (QED) is 0.780. The van der Waals surface area contributed by atoms with Crippen LogP contribution in [0.15, 0.2) is 33.7 Å². The van der Waals surface area contributed by atoms with Gasteiger partial charge in [0, 0.05) is 28.7 Å². The molecule has 0 fully saturated rings. The molecule has 4 heteroatoms. The Hall–Kier alpha value is -1.16. The number of nitrogens with zero attached hydrogens (tertiary/aromatic N) is 2. The number of halogens is 1. The second-order valence-corrected chi connectivity index (χ2v) is 3.80. The standard InChI is InChI=1S/C10H9BrN2O/c1-2-13-9(14)6-8(11)7-4-3-5-12-10(7)13/h3-6H,2H2,1H3. The van der Waals surface area contributed by atoms with E-state index in [1.165, 1.54) is 0 Å². The van der Waals surface area contributed by atoms with E-state index >= 15 is 0 Å². The van der Waals surface area contributed by atoms with Crippen molar-refractivity contribution < 1.29 is 0 Å². The minimum Gasteiger partial charge on any atom is -0.293 e. The fourth-order valence-electron chi connectivity index (χ4n) is 1.47. The Morgan fingerprint density at radius 3 is 3.07 bits per heavy atom. The minimum atomic E-state index is -0.0226. The highest BCUT2D eigenvalue weighted by molar-refractivity contribution is 9.10. The highest BCUT2D eigenvalue weighted by atomic mass is 79.9. The molecule has 0 saturated heterocycles. The average Bonchev–Trinajstić information content (AvgIpc) is 2.18. The summed E-state index contributed by atoms with van der Waals surface area (Å²) < 4.78 is 2.45. The smallest absolute Gasteiger partial charge is 0.253 e. The monoisotopic (exact) mass is 252 g/mol. The summed E-state index contributed by atoms with van der Waals surface area (Å²) in [6.07, 6.45) is 1.69. The molecule has 2 rings (SSSR count). The molecular weight excluding hydrogens is 244 g/mol. The van der Waals surface area contributed by atoms with Gasteiger partial charge in [0.05, 0.1) is 0 Å². The van der Waals surface area contributed by atoms with Crippen LogP contribution in [0.2, 0.25) is 0 Å². The summed E-state index contributed by atoms with van der Waals surface area (Å²) in [5, 5.41) is 0.967. The Labute approximate surface area is 89.5 Å². The number of aromatic nitrogens is 2. The third kappa shape index (κ3) is 1.35. The van der Waals surface area contributed by atoms with E-state index in [-0.39, 0.29) is 5.56 Å². The molecule has 0 aliphatic heterocycles. The molecule has 3 nitrogen and oxygen atoms in total. The number of pyridine rings is 2. The van der Waals surface area contributed by atoms with Crippen LogP contribution >= 0.6 is 15.9 Å². The molecule has 0 atom stereocenters. The van der Waals surface area contributed by atoms with Gasteiger partial charge in [0.25, 0.3) is 5.56 Å². The van der Waals surface area contributed by atoms with Crippen molar-refractivity contribution in [2.75, 3.05) is 0 Å². The molecule has 0 aliphatic rings. The molecule has 0 amide bonds. The van der Waals surface area contributed by atoms with Gasteiger partial charge in [-0.2, -0.15) is 0 Å². The summed E-state index contributed by atoms with van der Waals surface area (Å²) >= 11 is 3.36. The Bertz CT molecular complexity index is 533. The molecule has 0 aliphatic carbocycles. The van der Waals surface area contributed by atoms with Crippen LogP contribution in [0.5, 0.6) is 0 Å². The Kier molecular flexibility index (Phi) is 2.37. The molecule has 72 valence electrons. The number of hydrogen-bond acceptors (Lipinski definition) is 2. The Morgan fingerprint density at radius 1 is 1.57 bits per heavy atom. The summed E-state index contributed by atoms with van der Waals surface area (Å²) in [5.41, 5.74) is 0.708. The highest BCUT2D eigenvalue weighted by Crippen LogP contribution is 2.19. The second kappa shape index (κ2) is 3.53. The van der Waals surface area contributed by atoms with Crippen LogP contribution in [-0.4, -0.2) is 9.55 Å². The number of hydrogen-bond donors (Lipinski definition) is 0.